The first kappa shape index (κ1) is 14.6. The molecule has 0 saturated heterocycles. The maximum absolute atomic E-state index is 5.82. The zero-order valence-electron chi connectivity index (χ0n) is 11.0. The second kappa shape index (κ2) is 9.52. The third kappa shape index (κ3) is 6.11. The molecule has 2 nitrogen and oxygen atoms in total. The largest absolute Gasteiger partial charge is 0.333 e. The van der Waals surface area contributed by atoms with Crippen molar-refractivity contribution in [1.29, 1.82) is 0 Å². The Balaban J connectivity index is 1.97. The van der Waals surface area contributed by atoms with Crippen molar-refractivity contribution in [3.63, 3.8) is 0 Å². The van der Waals surface area contributed by atoms with Crippen LogP contribution in [0, 0.1) is 0 Å². The molecule has 17 heavy (non-hydrogen) atoms. The molecule has 0 N–H and O–H groups in total. The van der Waals surface area contributed by atoms with E-state index in [1.54, 1.807) is 0 Å². The summed E-state index contributed by atoms with van der Waals surface area (Å²) < 4.78 is 2.17. The van der Waals surface area contributed by atoms with Crippen LogP contribution in [0.5, 0.6) is 0 Å². The first-order chi connectivity index (χ1) is 8.38. The molecule has 0 fully saturated rings. The normalized spacial score (nSPS) is 10.9. The Morgan fingerprint density at radius 1 is 1.06 bits per heavy atom. The summed E-state index contributed by atoms with van der Waals surface area (Å²) in [6, 6.07) is 0. The van der Waals surface area contributed by atoms with Crippen molar-refractivity contribution in [2.75, 3.05) is 0 Å². The average Bonchev–Trinajstić information content (AvgIpc) is 2.80. The van der Waals surface area contributed by atoms with Crippen LogP contribution in [0.3, 0.4) is 0 Å². The van der Waals surface area contributed by atoms with E-state index >= 15 is 0 Å². The monoisotopic (exact) mass is 256 g/mol. The second-order valence-corrected chi connectivity index (χ2v) is 4.95. The zero-order valence-corrected chi connectivity index (χ0v) is 11.8. The van der Waals surface area contributed by atoms with Gasteiger partial charge in [0.25, 0.3) is 0 Å². The molecule has 1 rings (SSSR count). The molecule has 0 bridgehead atoms. The minimum Gasteiger partial charge on any atom is -0.333 e. The predicted molar refractivity (Wildman–Crippen MR) is 74.4 cm³/mol. The SMILES string of the molecule is CCCCCCCCCCn1cncc1CCl. The van der Waals surface area contributed by atoms with Crippen LogP contribution in [0.2, 0.25) is 0 Å². The molecular formula is C14H25ClN2. The molecule has 1 heterocycles. The van der Waals surface area contributed by atoms with E-state index in [0.717, 1.165) is 12.2 Å². The standard InChI is InChI=1S/C14H25ClN2/c1-2-3-4-5-6-7-8-9-10-17-13-16-12-14(17)11-15/h12-13H,2-11H2,1H3. The van der Waals surface area contributed by atoms with Crippen LogP contribution in [0.25, 0.3) is 0 Å². The van der Waals surface area contributed by atoms with Gasteiger partial charge >= 0.3 is 0 Å². The van der Waals surface area contributed by atoms with E-state index in [0.29, 0.717) is 5.88 Å². The van der Waals surface area contributed by atoms with Crippen molar-refractivity contribution < 1.29 is 0 Å². The lowest BCUT2D eigenvalue weighted by Gasteiger charge is -2.05. The summed E-state index contributed by atoms with van der Waals surface area (Å²) in [6.07, 6.45) is 14.6. The molecular weight excluding hydrogens is 232 g/mol. The van der Waals surface area contributed by atoms with Crippen molar-refractivity contribution in [3.8, 4) is 0 Å². The van der Waals surface area contributed by atoms with Crippen molar-refractivity contribution >= 4 is 11.6 Å². The number of nitrogens with zero attached hydrogens (tertiary/aromatic N) is 2. The molecule has 0 unspecified atom stereocenters. The van der Waals surface area contributed by atoms with Gasteiger partial charge in [0.05, 0.1) is 17.9 Å². The van der Waals surface area contributed by atoms with E-state index in [9.17, 15) is 0 Å². The number of rotatable bonds is 10. The molecule has 3 heteroatoms. The second-order valence-electron chi connectivity index (χ2n) is 4.69. The van der Waals surface area contributed by atoms with E-state index in [4.69, 9.17) is 11.6 Å². The highest BCUT2D eigenvalue weighted by Gasteiger charge is 1.99. The quantitative estimate of drug-likeness (QED) is 0.436. The molecule has 0 aromatic carbocycles. The summed E-state index contributed by atoms with van der Waals surface area (Å²) in [5, 5.41) is 0. The van der Waals surface area contributed by atoms with Crippen molar-refractivity contribution in [3.05, 3.63) is 18.2 Å². The molecule has 1 aromatic rings. The van der Waals surface area contributed by atoms with Crippen LogP contribution in [-0.2, 0) is 12.4 Å². The van der Waals surface area contributed by atoms with E-state index in [-0.39, 0.29) is 0 Å². The minimum absolute atomic E-state index is 0.566. The smallest absolute Gasteiger partial charge is 0.0948 e. The lowest BCUT2D eigenvalue weighted by Crippen LogP contribution is -2.00. The summed E-state index contributed by atoms with van der Waals surface area (Å²) in [7, 11) is 0. The van der Waals surface area contributed by atoms with Gasteiger partial charge in [-0.2, -0.15) is 0 Å². The molecule has 0 atom stereocenters. The van der Waals surface area contributed by atoms with Gasteiger partial charge in [0, 0.05) is 12.7 Å². The van der Waals surface area contributed by atoms with Gasteiger partial charge in [-0.1, -0.05) is 51.9 Å². The van der Waals surface area contributed by atoms with Gasteiger partial charge < -0.3 is 4.57 Å². The van der Waals surface area contributed by atoms with Gasteiger partial charge in [-0.3, -0.25) is 0 Å². The summed E-state index contributed by atoms with van der Waals surface area (Å²) >= 11 is 5.82. The average molecular weight is 257 g/mol. The first-order valence-electron chi connectivity index (χ1n) is 6.93. The molecule has 0 radical (unpaired) electrons. The highest BCUT2D eigenvalue weighted by Crippen LogP contribution is 2.10. The fourth-order valence-corrected chi connectivity index (χ4v) is 2.30. The number of alkyl halides is 1. The molecule has 98 valence electrons. The number of unbranched alkanes of at least 4 members (excludes halogenated alkanes) is 7. The number of imidazole rings is 1. The molecule has 0 spiro atoms. The van der Waals surface area contributed by atoms with Crippen molar-refractivity contribution in [2.24, 2.45) is 0 Å². The molecule has 0 aliphatic heterocycles. The molecule has 0 amide bonds. The highest BCUT2D eigenvalue weighted by molar-refractivity contribution is 6.16. The Labute approximate surface area is 110 Å². The van der Waals surface area contributed by atoms with E-state index in [1.807, 2.05) is 12.5 Å². The van der Waals surface area contributed by atoms with E-state index < -0.39 is 0 Å². The van der Waals surface area contributed by atoms with Gasteiger partial charge in [0.2, 0.25) is 0 Å². The summed E-state index contributed by atoms with van der Waals surface area (Å²) in [4.78, 5) is 4.12. The summed E-state index contributed by atoms with van der Waals surface area (Å²) in [5.74, 6) is 0.566. The Kier molecular flexibility index (Phi) is 8.16. The Morgan fingerprint density at radius 3 is 2.35 bits per heavy atom. The molecule has 0 aliphatic rings. The number of aryl methyl sites for hydroxylation is 1. The van der Waals surface area contributed by atoms with Gasteiger partial charge in [-0.25, -0.2) is 4.98 Å². The Hall–Kier alpha value is -0.500. The predicted octanol–water partition coefficient (Wildman–Crippen LogP) is 4.76. The minimum atomic E-state index is 0.566. The third-order valence-electron chi connectivity index (χ3n) is 3.19. The van der Waals surface area contributed by atoms with E-state index in [2.05, 4.69) is 16.5 Å². The van der Waals surface area contributed by atoms with Gasteiger partial charge in [-0.05, 0) is 6.42 Å². The number of hydrogen-bond donors (Lipinski definition) is 0. The van der Waals surface area contributed by atoms with Gasteiger partial charge in [0.15, 0.2) is 0 Å². The van der Waals surface area contributed by atoms with Crippen molar-refractivity contribution in [1.82, 2.24) is 9.55 Å². The van der Waals surface area contributed by atoms with Crippen LogP contribution in [0.1, 0.15) is 64.0 Å². The highest BCUT2D eigenvalue weighted by atomic mass is 35.5. The first-order valence-corrected chi connectivity index (χ1v) is 7.47. The van der Waals surface area contributed by atoms with Crippen molar-refractivity contribution in [2.45, 2.75) is 70.7 Å². The van der Waals surface area contributed by atoms with Crippen LogP contribution in [0.15, 0.2) is 12.5 Å². The maximum Gasteiger partial charge on any atom is 0.0948 e. The number of hydrogen-bond acceptors (Lipinski definition) is 1. The molecule has 0 aliphatic carbocycles. The Bertz CT molecular complexity index is 284. The van der Waals surface area contributed by atoms with Crippen LogP contribution >= 0.6 is 11.6 Å². The third-order valence-corrected chi connectivity index (χ3v) is 3.46. The van der Waals surface area contributed by atoms with Crippen LogP contribution in [0.4, 0.5) is 0 Å². The summed E-state index contributed by atoms with van der Waals surface area (Å²) in [5.41, 5.74) is 1.13. The lowest BCUT2D eigenvalue weighted by atomic mass is 10.1. The van der Waals surface area contributed by atoms with Gasteiger partial charge in [-0.15, -0.1) is 11.6 Å². The van der Waals surface area contributed by atoms with E-state index in [1.165, 1.54) is 51.4 Å². The topological polar surface area (TPSA) is 17.8 Å². The number of halogens is 1. The Morgan fingerprint density at radius 2 is 1.71 bits per heavy atom. The maximum atomic E-state index is 5.82. The fraction of sp³-hybridized carbons (Fsp3) is 0.786. The fourth-order valence-electron chi connectivity index (χ4n) is 2.08. The molecule has 1 aromatic heterocycles. The van der Waals surface area contributed by atoms with Crippen LogP contribution in [-0.4, -0.2) is 9.55 Å². The lowest BCUT2D eigenvalue weighted by molar-refractivity contribution is 0.539. The molecule has 0 saturated carbocycles. The van der Waals surface area contributed by atoms with Gasteiger partial charge in [0.1, 0.15) is 0 Å². The zero-order chi connectivity index (χ0) is 12.3. The summed E-state index contributed by atoms with van der Waals surface area (Å²) in [6.45, 7) is 3.33. The number of aromatic nitrogens is 2. The van der Waals surface area contributed by atoms with Crippen LogP contribution < -0.4 is 0 Å².